The lowest BCUT2D eigenvalue weighted by molar-refractivity contribution is -0.305. The standard InChI is InChI=1S/C19H17N3O6S/c1-28-15-8-11(2-7-14(15)24)10-20-21-19-22(12-3-5-13(23)6-4-12)18(27)16(29-19)9-17(25)26/h2-8,10,16,23-24H,9H2,1H3,(H,25,26)/p-1. The molecule has 1 amide bonds. The Bertz CT molecular complexity index is 990. The van der Waals surface area contributed by atoms with Crippen molar-refractivity contribution >= 4 is 40.7 Å². The van der Waals surface area contributed by atoms with Crippen molar-refractivity contribution in [1.82, 2.24) is 0 Å². The lowest BCUT2D eigenvalue weighted by Crippen LogP contribution is -2.35. The molecule has 2 aromatic carbocycles. The van der Waals surface area contributed by atoms with E-state index in [1.54, 1.807) is 12.1 Å². The maximum atomic E-state index is 12.7. The van der Waals surface area contributed by atoms with E-state index < -0.39 is 23.5 Å². The zero-order chi connectivity index (χ0) is 21.0. The van der Waals surface area contributed by atoms with E-state index in [4.69, 9.17) is 4.74 Å². The van der Waals surface area contributed by atoms with Crippen LogP contribution in [-0.2, 0) is 9.59 Å². The number of nitrogens with zero attached hydrogens (tertiary/aromatic N) is 3. The highest BCUT2D eigenvalue weighted by Gasteiger charge is 2.39. The van der Waals surface area contributed by atoms with E-state index in [9.17, 15) is 24.9 Å². The normalized spacial score (nSPS) is 18.0. The van der Waals surface area contributed by atoms with Crippen LogP contribution >= 0.6 is 11.8 Å². The largest absolute Gasteiger partial charge is 0.550 e. The van der Waals surface area contributed by atoms with Gasteiger partial charge in [0.05, 0.1) is 24.3 Å². The van der Waals surface area contributed by atoms with E-state index in [1.807, 2.05) is 0 Å². The number of thioether (sulfide) groups is 1. The molecular weight excluding hydrogens is 398 g/mol. The average Bonchev–Trinajstić information content (AvgIpc) is 2.98. The molecule has 0 saturated carbocycles. The van der Waals surface area contributed by atoms with Gasteiger partial charge in [0.25, 0.3) is 0 Å². The number of amidine groups is 1. The number of carboxylic acid groups (broad SMARTS) is 1. The summed E-state index contributed by atoms with van der Waals surface area (Å²) in [6, 6.07) is 10.4. The molecule has 1 aliphatic heterocycles. The second-order valence-electron chi connectivity index (χ2n) is 5.93. The third-order valence-electron chi connectivity index (χ3n) is 3.95. The number of phenols is 2. The first-order chi connectivity index (χ1) is 13.9. The summed E-state index contributed by atoms with van der Waals surface area (Å²) in [4.78, 5) is 24.9. The molecule has 29 heavy (non-hydrogen) atoms. The minimum absolute atomic E-state index is 0.0171. The minimum Gasteiger partial charge on any atom is -0.550 e. The molecule has 1 saturated heterocycles. The lowest BCUT2D eigenvalue weighted by Gasteiger charge is -2.16. The van der Waals surface area contributed by atoms with Gasteiger partial charge in [-0.3, -0.25) is 9.69 Å². The fourth-order valence-electron chi connectivity index (χ4n) is 2.58. The van der Waals surface area contributed by atoms with Gasteiger partial charge in [0.1, 0.15) is 5.75 Å². The summed E-state index contributed by atoms with van der Waals surface area (Å²) in [6.07, 6.45) is 0.942. The van der Waals surface area contributed by atoms with Gasteiger partial charge in [-0.2, -0.15) is 5.10 Å². The monoisotopic (exact) mass is 414 g/mol. The van der Waals surface area contributed by atoms with Crippen LogP contribution in [0.25, 0.3) is 0 Å². The van der Waals surface area contributed by atoms with Crippen LogP contribution in [0.15, 0.2) is 52.7 Å². The smallest absolute Gasteiger partial charge is 0.247 e. The highest BCUT2D eigenvalue weighted by Crippen LogP contribution is 2.34. The van der Waals surface area contributed by atoms with Crippen LogP contribution in [0, 0.1) is 0 Å². The Labute approximate surface area is 170 Å². The zero-order valence-electron chi connectivity index (χ0n) is 15.2. The quantitative estimate of drug-likeness (QED) is 0.533. The van der Waals surface area contributed by atoms with Crippen LogP contribution in [0.3, 0.4) is 0 Å². The second kappa shape index (κ2) is 8.65. The van der Waals surface area contributed by atoms with Gasteiger partial charge in [0.15, 0.2) is 16.7 Å². The highest BCUT2D eigenvalue weighted by molar-refractivity contribution is 8.16. The number of benzene rings is 2. The van der Waals surface area contributed by atoms with Crippen LogP contribution in [0.5, 0.6) is 17.2 Å². The Morgan fingerprint density at radius 3 is 2.66 bits per heavy atom. The number of rotatable bonds is 6. The molecule has 3 rings (SSSR count). The number of ether oxygens (including phenoxy) is 1. The molecule has 2 aromatic rings. The van der Waals surface area contributed by atoms with Crippen LogP contribution in [0.4, 0.5) is 5.69 Å². The molecule has 9 nitrogen and oxygen atoms in total. The molecule has 0 aliphatic carbocycles. The van der Waals surface area contributed by atoms with Gasteiger partial charge in [-0.1, -0.05) is 11.8 Å². The predicted octanol–water partition coefficient (Wildman–Crippen LogP) is 1.08. The molecule has 1 aliphatic rings. The Hall–Kier alpha value is -3.53. The van der Waals surface area contributed by atoms with E-state index >= 15 is 0 Å². The van der Waals surface area contributed by atoms with Crippen molar-refractivity contribution in [1.29, 1.82) is 0 Å². The molecule has 0 bridgehead atoms. The zero-order valence-corrected chi connectivity index (χ0v) is 16.0. The Kier molecular flexibility index (Phi) is 6.03. The van der Waals surface area contributed by atoms with Crippen molar-refractivity contribution < 1.29 is 29.6 Å². The molecule has 1 heterocycles. The first kappa shape index (κ1) is 20.2. The maximum Gasteiger partial charge on any atom is 0.247 e. The summed E-state index contributed by atoms with van der Waals surface area (Å²) in [5.74, 6) is -1.53. The first-order valence-corrected chi connectivity index (χ1v) is 9.24. The van der Waals surface area contributed by atoms with E-state index in [0.29, 0.717) is 11.3 Å². The van der Waals surface area contributed by atoms with Crippen molar-refractivity contribution in [3.05, 3.63) is 48.0 Å². The summed E-state index contributed by atoms with van der Waals surface area (Å²) in [5, 5.41) is 37.4. The topological polar surface area (TPSA) is 135 Å². The number of carboxylic acids is 1. The molecular formula is C19H16N3O6S-. The van der Waals surface area contributed by atoms with Crippen molar-refractivity contribution in [2.24, 2.45) is 10.2 Å². The van der Waals surface area contributed by atoms with Crippen molar-refractivity contribution in [2.45, 2.75) is 11.7 Å². The van der Waals surface area contributed by atoms with Crippen LogP contribution in [0.1, 0.15) is 12.0 Å². The summed E-state index contributed by atoms with van der Waals surface area (Å²) in [5.41, 5.74) is 1.02. The number of anilines is 1. The predicted molar refractivity (Wildman–Crippen MR) is 106 cm³/mol. The van der Waals surface area contributed by atoms with Crippen LogP contribution < -0.4 is 14.7 Å². The summed E-state index contributed by atoms with van der Waals surface area (Å²) < 4.78 is 5.03. The lowest BCUT2D eigenvalue weighted by atomic mass is 10.2. The number of carbonyl (C=O) groups excluding carboxylic acids is 2. The number of hydrogen-bond donors (Lipinski definition) is 2. The molecule has 1 atom stereocenters. The Morgan fingerprint density at radius 1 is 1.28 bits per heavy atom. The SMILES string of the molecule is COc1cc(C=NN=C2SC(CC(=O)[O-])C(=O)N2c2ccc(O)cc2)ccc1O. The second-order valence-corrected chi connectivity index (χ2v) is 7.10. The van der Waals surface area contributed by atoms with Crippen molar-refractivity contribution in [2.75, 3.05) is 12.0 Å². The molecule has 2 N–H and O–H groups in total. The van der Waals surface area contributed by atoms with Crippen molar-refractivity contribution in [3.63, 3.8) is 0 Å². The fourth-order valence-corrected chi connectivity index (χ4v) is 3.65. The molecule has 0 spiro atoms. The average molecular weight is 414 g/mol. The Balaban J connectivity index is 1.89. The summed E-state index contributed by atoms with van der Waals surface area (Å²) in [7, 11) is 1.42. The van der Waals surface area contributed by atoms with Crippen LogP contribution in [-0.4, -0.2) is 45.8 Å². The molecule has 1 fully saturated rings. The summed E-state index contributed by atoms with van der Waals surface area (Å²) in [6.45, 7) is 0. The third kappa shape index (κ3) is 4.66. The maximum absolute atomic E-state index is 12.7. The number of amides is 1. The van der Waals surface area contributed by atoms with Gasteiger partial charge in [-0.25, -0.2) is 0 Å². The minimum atomic E-state index is -1.34. The van der Waals surface area contributed by atoms with Gasteiger partial charge in [0.2, 0.25) is 5.91 Å². The molecule has 10 heteroatoms. The number of aromatic hydroxyl groups is 2. The fraction of sp³-hybridized carbons (Fsp3) is 0.158. The van der Waals surface area contributed by atoms with Crippen LogP contribution in [0.2, 0.25) is 0 Å². The van der Waals surface area contributed by atoms with Gasteiger partial charge in [-0.05, 0) is 48.0 Å². The number of carbonyl (C=O) groups is 2. The third-order valence-corrected chi connectivity index (χ3v) is 5.08. The van der Waals surface area contributed by atoms with E-state index in [-0.39, 0.29) is 22.4 Å². The number of phenolic OH excluding ortho intramolecular Hbond substituents is 2. The van der Waals surface area contributed by atoms with E-state index in [1.165, 1.54) is 48.6 Å². The van der Waals surface area contributed by atoms with E-state index in [0.717, 1.165) is 11.8 Å². The molecule has 0 radical (unpaired) electrons. The summed E-state index contributed by atoms with van der Waals surface area (Å²) >= 11 is 0.964. The number of hydrogen-bond acceptors (Lipinski definition) is 9. The number of aliphatic carboxylic acids is 1. The van der Waals surface area contributed by atoms with Gasteiger partial charge in [0, 0.05) is 12.4 Å². The number of methoxy groups -OCH3 is 1. The van der Waals surface area contributed by atoms with Gasteiger partial charge < -0.3 is 24.9 Å². The Morgan fingerprint density at radius 2 is 2.00 bits per heavy atom. The first-order valence-electron chi connectivity index (χ1n) is 8.36. The van der Waals surface area contributed by atoms with Crippen molar-refractivity contribution in [3.8, 4) is 17.2 Å². The molecule has 150 valence electrons. The highest BCUT2D eigenvalue weighted by atomic mass is 32.2. The van der Waals surface area contributed by atoms with Gasteiger partial charge >= 0.3 is 0 Å². The molecule has 1 unspecified atom stereocenters. The van der Waals surface area contributed by atoms with E-state index in [2.05, 4.69) is 10.2 Å². The van der Waals surface area contributed by atoms with Gasteiger partial charge in [-0.15, -0.1) is 5.10 Å². The molecule has 0 aromatic heterocycles.